The van der Waals surface area contributed by atoms with Crippen LogP contribution < -0.4 is 5.32 Å². The summed E-state index contributed by atoms with van der Waals surface area (Å²) in [5, 5.41) is 2.77. The van der Waals surface area contributed by atoms with Crippen molar-refractivity contribution in [3.8, 4) is 5.69 Å². The average Bonchev–Trinajstić information content (AvgIpc) is 3.22. The quantitative estimate of drug-likeness (QED) is 0.891. The fraction of sp³-hybridized carbons (Fsp3) is 0.353. The highest BCUT2D eigenvalue weighted by molar-refractivity contribution is 5.93. The summed E-state index contributed by atoms with van der Waals surface area (Å²) < 4.78 is 25.9. The lowest BCUT2D eigenvalue weighted by Gasteiger charge is -2.13. The molecule has 5 nitrogen and oxygen atoms in total. The molecule has 0 bridgehead atoms. The van der Waals surface area contributed by atoms with Crippen LogP contribution in [0.1, 0.15) is 6.42 Å². The van der Waals surface area contributed by atoms with E-state index < -0.39 is 0 Å². The number of carbonyl (C=O) groups is 1. The van der Waals surface area contributed by atoms with Crippen LogP contribution in [0.15, 0.2) is 42.7 Å². The normalized spacial score (nSPS) is 17.3. The van der Waals surface area contributed by atoms with Gasteiger partial charge in [-0.05, 0) is 36.8 Å². The van der Waals surface area contributed by atoms with E-state index in [0.717, 1.165) is 13.0 Å². The molecule has 1 unspecified atom stereocenters. The molecule has 0 radical (unpaired) electrons. The Bertz CT molecular complexity index is 652. The molecule has 122 valence electrons. The minimum atomic E-state index is -0.357. The van der Waals surface area contributed by atoms with Crippen LogP contribution in [0.5, 0.6) is 0 Å². The lowest BCUT2D eigenvalue weighted by Crippen LogP contribution is -2.21. The van der Waals surface area contributed by atoms with Crippen LogP contribution in [0.4, 0.5) is 10.1 Å². The summed E-state index contributed by atoms with van der Waals surface area (Å²) in [7, 11) is 0. The van der Waals surface area contributed by atoms with Crippen molar-refractivity contribution in [1.82, 2.24) is 4.57 Å². The largest absolute Gasteiger partial charge is 0.381 e. The topological polar surface area (TPSA) is 52.5 Å². The maximum atomic E-state index is 13.5. The molecule has 1 aliphatic rings. The van der Waals surface area contributed by atoms with E-state index in [2.05, 4.69) is 5.32 Å². The Morgan fingerprint density at radius 1 is 1.39 bits per heavy atom. The molecule has 0 spiro atoms. The van der Waals surface area contributed by atoms with Crippen molar-refractivity contribution in [2.45, 2.75) is 6.42 Å². The molecule has 6 heteroatoms. The monoisotopic (exact) mass is 318 g/mol. The van der Waals surface area contributed by atoms with E-state index in [1.54, 1.807) is 23.0 Å². The van der Waals surface area contributed by atoms with Crippen LogP contribution in [0, 0.1) is 11.7 Å². The Hall–Kier alpha value is -2.18. The number of hydrogen-bond acceptors (Lipinski definition) is 3. The van der Waals surface area contributed by atoms with Gasteiger partial charge >= 0.3 is 0 Å². The number of benzene rings is 1. The summed E-state index contributed by atoms with van der Waals surface area (Å²) >= 11 is 0. The van der Waals surface area contributed by atoms with Gasteiger partial charge in [0.05, 0.1) is 24.6 Å². The number of ether oxygens (including phenoxy) is 2. The third-order valence-electron chi connectivity index (χ3n) is 3.73. The first kappa shape index (κ1) is 15.7. The summed E-state index contributed by atoms with van der Waals surface area (Å²) in [5.41, 5.74) is 1.12. The maximum Gasteiger partial charge on any atom is 0.250 e. The Morgan fingerprint density at radius 2 is 2.22 bits per heavy atom. The highest BCUT2D eigenvalue weighted by Gasteiger charge is 2.16. The lowest BCUT2D eigenvalue weighted by molar-refractivity contribution is -0.121. The predicted molar refractivity (Wildman–Crippen MR) is 84.1 cm³/mol. The van der Waals surface area contributed by atoms with Crippen LogP contribution in [0.25, 0.3) is 5.69 Å². The first-order chi connectivity index (χ1) is 11.2. The number of aromatic nitrogens is 1. The second kappa shape index (κ2) is 7.39. The van der Waals surface area contributed by atoms with Crippen LogP contribution in [-0.4, -0.2) is 36.9 Å². The number of anilines is 1. The summed E-state index contributed by atoms with van der Waals surface area (Å²) in [6.07, 6.45) is 4.55. The van der Waals surface area contributed by atoms with Gasteiger partial charge in [-0.3, -0.25) is 4.79 Å². The van der Waals surface area contributed by atoms with Gasteiger partial charge in [-0.1, -0.05) is 0 Å². The average molecular weight is 318 g/mol. The molecular formula is C17H19FN2O3. The van der Waals surface area contributed by atoms with E-state index in [4.69, 9.17) is 9.47 Å². The Labute approximate surface area is 134 Å². The van der Waals surface area contributed by atoms with E-state index in [1.165, 1.54) is 12.1 Å². The van der Waals surface area contributed by atoms with Crippen molar-refractivity contribution in [2.75, 3.05) is 31.7 Å². The van der Waals surface area contributed by atoms with Gasteiger partial charge in [0.1, 0.15) is 12.4 Å². The van der Waals surface area contributed by atoms with Crippen molar-refractivity contribution in [3.05, 3.63) is 48.5 Å². The van der Waals surface area contributed by atoms with Crippen LogP contribution in [0.2, 0.25) is 0 Å². The molecule has 1 saturated heterocycles. The number of halogens is 1. The number of carbonyl (C=O) groups excluding carboxylic acids is 1. The molecule has 1 atom stereocenters. The van der Waals surface area contributed by atoms with Gasteiger partial charge in [0.2, 0.25) is 5.91 Å². The molecule has 1 aromatic heterocycles. The van der Waals surface area contributed by atoms with E-state index >= 15 is 0 Å². The molecule has 1 amide bonds. The van der Waals surface area contributed by atoms with Gasteiger partial charge in [0.25, 0.3) is 0 Å². The summed E-state index contributed by atoms with van der Waals surface area (Å²) in [5.74, 6) is -0.253. The smallest absolute Gasteiger partial charge is 0.250 e. The second-order valence-electron chi connectivity index (χ2n) is 5.54. The van der Waals surface area contributed by atoms with Crippen molar-refractivity contribution in [3.63, 3.8) is 0 Å². The van der Waals surface area contributed by atoms with Gasteiger partial charge in [0, 0.05) is 24.9 Å². The molecule has 0 aliphatic carbocycles. The Morgan fingerprint density at radius 3 is 2.96 bits per heavy atom. The van der Waals surface area contributed by atoms with E-state index in [9.17, 15) is 9.18 Å². The van der Waals surface area contributed by atoms with Crippen molar-refractivity contribution in [1.29, 1.82) is 0 Å². The minimum Gasteiger partial charge on any atom is -0.381 e. The molecule has 1 N–H and O–H groups in total. The molecular weight excluding hydrogens is 299 g/mol. The molecule has 1 aromatic carbocycles. The van der Waals surface area contributed by atoms with Gasteiger partial charge in [0.15, 0.2) is 0 Å². The van der Waals surface area contributed by atoms with E-state index in [0.29, 0.717) is 30.5 Å². The first-order valence-corrected chi connectivity index (χ1v) is 7.60. The summed E-state index contributed by atoms with van der Waals surface area (Å²) in [4.78, 5) is 12.0. The molecule has 2 aromatic rings. The minimum absolute atomic E-state index is 0.0288. The SMILES string of the molecule is O=C(COCC1CCOC1)Nc1ccc(F)cc1-n1cccc1. The van der Waals surface area contributed by atoms with Crippen LogP contribution in [-0.2, 0) is 14.3 Å². The second-order valence-corrected chi connectivity index (χ2v) is 5.54. The zero-order valence-electron chi connectivity index (χ0n) is 12.7. The fourth-order valence-electron chi connectivity index (χ4n) is 2.54. The zero-order chi connectivity index (χ0) is 16.1. The predicted octanol–water partition coefficient (Wildman–Crippen LogP) is 2.61. The highest BCUT2D eigenvalue weighted by Crippen LogP contribution is 2.21. The third-order valence-corrected chi connectivity index (χ3v) is 3.73. The summed E-state index contributed by atoms with van der Waals surface area (Å²) in [6, 6.07) is 7.92. The van der Waals surface area contributed by atoms with Crippen molar-refractivity contribution < 1.29 is 18.7 Å². The molecule has 23 heavy (non-hydrogen) atoms. The maximum absolute atomic E-state index is 13.5. The number of rotatable bonds is 6. The number of nitrogens with zero attached hydrogens (tertiary/aromatic N) is 1. The molecule has 1 aliphatic heterocycles. The molecule has 2 heterocycles. The first-order valence-electron chi connectivity index (χ1n) is 7.60. The fourth-order valence-corrected chi connectivity index (χ4v) is 2.54. The van der Waals surface area contributed by atoms with Crippen molar-refractivity contribution >= 4 is 11.6 Å². The molecule has 3 rings (SSSR count). The van der Waals surface area contributed by atoms with Crippen LogP contribution in [0.3, 0.4) is 0 Å². The Balaban J connectivity index is 1.59. The van der Waals surface area contributed by atoms with Gasteiger partial charge in [-0.2, -0.15) is 0 Å². The number of nitrogens with one attached hydrogen (secondary N) is 1. The van der Waals surface area contributed by atoms with E-state index in [-0.39, 0.29) is 18.3 Å². The number of hydrogen-bond donors (Lipinski definition) is 1. The molecule has 1 fully saturated rings. The van der Waals surface area contributed by atoms with Crippen LogP contribution >= 0.6 is 0 Å². The molecule has 0 saturated carbocycles. The lowest BCUT2D eigenvalue weighted by atomic mass is 10.1. The Kier molecular flexibility index (Phi) is 5.05. The number of amides is 1. The van der Waals surface area contributed by atoms with Crippen molar-refractivity contribution in [2.24, 2.45) is 5.92 Å². The van der Waals surface area contributed by atoms with E-state index in [1.807, 2.05) is 12.1 Å². The summed E-state index contributed by atoms with van der Waals surface area (Å²) in [6.45, 7) is 1.94. The van der Waals surface area contributed by atoms with Gasteiger partial charge in [-0.15, -0.1) is 0 Å². The zero-order valence-corrected chi connectivity index (χ0v) is 12.7. The third kappa shape index (κ3) is 4.18. The van der Waals surface area contributed by atoms with Gasteiger partial charge < -0.3 is 19.4 Å². The standard InChI is InChI=1S/C17H19FN2O3/c18-14-3-4-15(16(9-14)20-6-1-2-7-20)19-17(21)12-23-11-13-5-8-22-10-13/h1-4,6-7,9,13H,5,8,10-12H2,(H,19,21). The van der Waals surface area contributed by atoms with Gasteiger partial charge in [-0.25, -0.2) is 4.39 Å². The highest BCUT2D eigenvalue weighted by atomic mass is 19.1.